The van der Waals surface area contributed by atoms with Crippen molar-refractivity contribution in [3.63, 3.8) is 0 Å². The fourth-order valence-electron chi connectivity index (χ4n) is 3.19. The van der Waals surface area contributed by atoms with Gasteiger partial charge in [-0.15, -0.1) is 0 Å². The van der Waals surface area contributed by atoms with Gasteiger partial charge in [-0.1, -0.05) is 28.1 Å². The van der Waals surface area contributed by atoms with E-state index in [0.717, 1.165) is 36.9 Å². The highest BCUT2D eigenvalue weighted by molar-refractivity contribution is 9.10. The molecule has 0 amide bonds. The summed E-state index contributed by atoms with van der Waals surface area (Å²) in [6, 6.07) is 8.71. The van der Waals surface area contributed by atoms with Gasteiger partial charge in [-0.3, -0.25) is 0 Å². The van der Waals surface area contributed by atoms with E-state index >= 15 is 0 Å². The summed E-state index contributed by atoms with van der Waals surface area (Å²) in [6.45, 7) is 6.01. The van der Waals surface area contributed by atoms with Crippen LogP contribution in [0.3, 0.4) is 0 Å². The SMILES string of the molecule is CC1(C)C[C@@H]([C@H](CCN)c2ccc(Br)cc2)CCO1. The first-order valence-electron chi connectivity index (χ1n) is 7.11. The van der Waals surface area contributed by atoms with Crippen LogP contribution in [0.5, 0.6) is 0 Å². The fraction of sp³-hybridized carbons (Fsp3) is 0.625. The summed E-state index contributed by atoms with van der Waals surface area (Å²) in [4.78, 5) is 0. The Balaban J connectivity index is 2.17. The Kier molecular flexibility index (Phi) is 5.04. The smallest absolute Gasteiger partial charge is 0.0629 e. The van der Waals surface area contributed by atoms with E-state index in [1.54, 1.807) is 0 Å². The Bertz CT molecular complexity index is 402. The summed E-state index contributed by atoms with van der Waals surface area (Å²) >= 11 is 3.50. The number of benzene rings is 1. The molecule has 1 aliphatic rings. The van der Waals surface area contributed by atoms with Gasteiger partial charge in [-0.05, 0) is 69.2 Å². The molecule has 0 aromatic heterocycles. The highest BCUT2D eigenvalue weighted by Gasteiger charge is 2.33. The van der Waals surface area contributed by atoms with Crippen LogP contribution in [0.25, 0.3) is 0 Å². The van der Waals surface area contributed by atoms with Crippen LogP contribution in [-0.2, 0) is 4.74 Å². The predicted molar refractivity (Wildman–Crippen MR) is 83.3 cm³/mol. The van der Waals surface area contributed by atoms with Gasteiger partial charge in [0.25, 0.3) is 0 Å². The summed E-state index contributed by atoms with van der Waals surface area (Å²) < 4.78 is 6.97. The minimum atomic E-state index is 0.00509. The summed E-state index contributed by atoms with van der Waals surface area (Å²) in [5.41, 5.74) is 7.25. The molecule has 0 spiro atoms. The molecule has 2 nitrogen and oxygen atoms in total. The molecule has 0 aliphatic carbocycles. The Morgan fingerprint density at radius 2 is 2.05 bits per heavy atom. The van der Waals surface area contributed by atoms with E-state index < -0.39 is 0 Å². The molecule has 1 heterocycles. The van der Waals surface area contributed by atoms with E-state index in [2.05, 4.69) is 54.0 Å². The van der Waals surface area contributed by atoms with Crippen LogP contribution in [-0.4, -0.2) is 18.8 Å². The first kappa shape index (κ1) is 15.0. The quantitative estimate of drug-likeness (QED) is 0.904. The third kappa shape index (κ3) is 4.04. The van der Waals surface area contributed by atoms with Gasteiger partial charge in [-0.25, -0.2) is 0 Å². The van der Waals surface area contributed by atoms with Crippen LogP contribution in [0.2, 0.25) is 0 Å². The summed E-state index contributed by atoms with van der Waals surface area (Å²) in [5.74, 6) is 1.23. The van der Waals surface area contributed by atoms with E-state index in [9.17, 15) is 0 Å². The second kappa shape index (κ2) is 6.38. The second-order valence-electron chi connectivity index (χ2n) is 6.10. The predicted octanol–water partition coefficient (Wildman–Crippen LogP) is 4.09. The molecule has 0 radical (unpaired) electrons. The maximum absolute atomic E-state index is 5.84. The molecule has 106 valence electrons. The Hall–Kier alpha value is -0.380. The van der Waals surface area contributed by atoms with Crippen molar-refractivity contribution in [3.8, 4) is 0 Å². The van der Waals surface area contributed by atoms with Gasteiger partial charge < -0.3 is 10.5 Å². The molecule has 1 saturated heterocycles. The number of halogens is 1. The van der Waals surface area contributed by atoms with E-state index in [4.69, 9.17) is 10.5 Å². The Labute approximate surface area is 124 Å². The van der Waals surface area contributed by atoms with Gasteiger partial charge in [-0.2, -0.15) is 0 Å². The summed E-state index contributed by atoms with van der Waals surface area (Å²) in [5, 5.41) is 0. The number of hydrogen-bond acceptors (Lipinski definition) is 2. The number of hydrogen-bond donors (Lipinski definition) is 1. The molecule has 1 aliphatic heterocycles. The topological polar surface area (TPSA) is 35.2 Å². The maximum atomic E-state index is 5.84. The molecule has 1 aromatic carbocycles. The second-order valence-corrected chi connectivity index (χ2v) is 7.01. The van der Waals surface area contributed by atoms with E-state index in [1.165, 1.54) is 5.56 Å². The standard InChI is InChI=1S/C16H24BrNO/c1-16(2)11-13(8-10-19-16)15(7-9-18)12-3-5-14(17)6-4-12/h3-6,13,15H,7-11,18H2,1-2H3/t13-,15+/m0/s1. The fourth-order valence-corrected chi connectivity index (χ4v) is 3.45. The molecule has 3 heteroatoms. The monoisotopic (exact) mass is 325 g/mol. The lowest BCUT2D eigenvalue weighted by Gasteiger charge is -2.39. The van der Waals surface area contributed by atoms with Gasteiger partial charge in [0.1, 0.15) is 0 Å². The van der Waals surface area contributed by atoms with Crippen LogP contribution < -0.4 is 5.73 Å². The van der Waals surface area contributed by atoms with Crippen LogP contribution in [0.1, 0.15) is 44.6 Å². The summed E-state index contributed by atoms with van der Waals surface area (Å²) in [6.07, 6.45) is 3.32. The molecular weight excluding hydrogens is 302 g/mol. The molecular formula is C16H24BrNO. The van der Waals surface area contributed by atoms with E-state index in [-0.39, 0.29) is 5.60 Å². The molecule has 2 rings (SSSR count). The maximum Gasteiger partial charge on any atom is 0.0629 e. The van der Waals surface area contributed by atoms with Crippen LogP contribution in [0.4, 0.5) is 0 Å². The first-order valence-corrected chi connectivity index (χ1v) is 7.90. The molecule has 2 N–H and O–H groups in total. The molecule has 2 atom stereocenters. The lowest BCUT2D eigenvalue weighted by molar-refractivity contribution is -0.0771. The zero-order valence-electron chi connectivity index (χ0n) is 11.9. The van der Waals surface area contributed by atoms with Crippen molar-refractivity contribution >= 4 is 15.9 Å². The number of rotatable bonds is 4. The van der Waals surface area contributed by atoms with Crippen molar-refractivity contribution in [2.75, 3.05) is 13.2 Å². The number of ether oxygens (including phenoxy) is 1. The van der Waals surface area contributed by atoms with Gasteiger partial charge in [0.05, 0.1) is 5.60 Å². The van der Waals surface area contributed by atoms with Crippen molar-refractivity contribution in [2.24, 2.45) is 11.7 Å². The van der Waals surface area contributed by atoms with Crippen molar-refractivity contribution in [1.82, 2.24) is 0 Å². The first-order chi connectivity index (χ1) is 9.02. The third-order valence-corrected chi connectivity index (χ3v) is 4.61. The highest BCUT2D eigenvalue weighted by atomic mass is 79.9. The van der Waals surface area contributed by atoms with Gasteiger partial charge in [0, 0.05) is 11.1 Å². The highest BCUT2D eigenvalue weighted by Crippen LogP contribution is 2.39. The Morgan fingerprint density at radius 3 is 2.63 bits per heavy atom. The normalized spacial score (nSPS) is 24.1. The van der Waals surface area contributed by atoms with Crippen LogP contribution in [0.15, 0.2) is 28.7 Å². The molecule has 0 bridgehead atoms. The Morgan fingerprint density at radius 1 is 1.37 bits per heavy atom. The van der Waals surface area contributed by atoms with Crippen molar-refractivity contribution in [3.05, 3.63) is 34.3 Å². The summed E-state index contributed by atoms with van der Waals surface area (Å²) in [7, 11) is 0. The van der Waals surface area contributed by atoms with Crippen molar-refractivity contribution < 1.29 is 4.74 Å². The molecule has 0 saturated carbocycles. The molecule has 0 unspecified atom stereocenters. The lowest BCUT2D eigenvalue weighted by atomic mass is 9.75. The largest absolute Gasteiger partial charge is 0.376 e. The van der Waals surface area contributed by atoms with E-state index in [0.29, 0.717) is 11.8 Å². The molecule has 1 aromatic rings. The third-order valence-electron chi connectivity index (χ3n) is 4.08. The van der Waals surface area contributed by atoms with Gasteiger partial charge in [0.2, 0.25) is 0 Å². The number of nitrogens with two attached hydrogens (primary N) is 1. The van der Waals surface area contributed by atoms with Gasteiger partial charge in [0.15, 0.2) is 0 Å². The minimum Gasteiger partial charge on any atom is -0.376 e. The zero-order valence-corrected chi connectivity index (χ0v) is 13.4. The molecule has 1 fully saturated rings. The lowest BCUT2D eigenvalue weighted by Crippen LogP contribution is -2.36. The average Bonchev–Trinajstić information content (AvgIpc) is 2.36. The van der Waals surface area contributed by atoms with E-state index in [1.807, 2.05) is 0 Å². The zero-order chi connectivity index (χ0) is 13.9. The van der Waals surface area contributed by atoms with Crippen LogP contribution in [0, 0.1) is 5.92 Å². The van der Waals surface area contributed by atoms with Crippen molar-refractivity contribution in [1.29, 1.82) is 0 Å². The van der Waals surface area contributed by atoms with Crippen LogP contribution >= 0.6 is 15.9 Å². The van der Waals surface area contributed by atoms with Crippen molar-refractivity contribution in [2.45, 2.75) is 44.6 Å². The van der Waals surface area contributed by atoms with Gasteiger partial charge >= 0.3 is 0 Å². The molecule has 19 heavy (non-hydrogen) atoms. The minimum absolute atomic E-state index is 0.00509. The average molecular weight is 326 g/mol.